The van der Waals surface area contributed by atoms with Crippen LogP contribution in [0.3, 0.4) is 0 Å². The Morgan fingerprint density at radius 1 is 0.929 bits per heavy atom. The van der Waals surface area contributed by atoms with Crippen LogP contribution in [0.2, 0.25) is 0 Å². The van der Waals surface area contributed by atoms with E-state index in [9.17, 15) is 5.11 Å². The molecule has 0 spiro atoms. The van der Waals surface area contributed by atoms with Gasteiger partial charge in [0.1, 0.15) is 0 Å². The Kier molecular flexibility index (Phi) is 3.00. The van der Waals surface area contributed by atoms with E-state index in [2.05, 4.69) is 36.5 Å². The van der Waals surface area contributed by atoms with Crippen molar-refractivity contribution in [3.05, 3.63) is 48.6 Å². The lowest BCUT2D eigenvalue weighted by molar-refractivity contribution is 0.135. The second-order valence-corrected chi connectivity index (χ2v) is 3.93. The summed E-state index contributed by atoms with van der Waals surface area (Å²) in [5.74, 6) is 0.781. The van der Waals surface area contributed by atoms with Gasteiger partial charge in [0.2, 0.25) is 0 Å². The highest BCUT2D eigenvalue weighted by molar-refractivity contribution is 5.20. The molecular formula is C13H16O. The fourth-order valence-electron chi connectivity index (χ4n) is 1.93. The number of hydrogen-bond donors (Lipinski definition) is 1. The molecule has 1 unspecified atom stereocenters. The van der Waals surface area contributed by atoms with Gasteiger partial charge in [-0.05, 0) is 18.8 Å². The molecular weight excluding hydrogens is 172 g/mol. The first-order valence-corrected chi connectivity index (χ1v) is 5.24. The van der Waals surface area contributed by atoms with Crippen molar-refractivity contribution in [1.29, 1.82) is 0 Å². The van der Waals surface area contributed by atoms with Crippen molar-refractivity contribution in [3.8, 4) is 0 Å². The Morgan fingerprint density at radius 3 is 2.14 bits per heavy atom. The van der Waals surface area contributed by atoms with E-state index in [1.165, 1.54) is 0 Å². The van der Waals surface area contributed by atoms with E-state index in [0.717, 1.165) is 12.8 Å². The summed E-state index contributed by atoms with van der Waals surface area (Å²) in [7, 11) is 0. The molecule has 1 heteroatoms. The van der Waals surface area contributed by atoms with E-state index in [-0.39, 0.29) is 12.0 Å². The van der Waals surface area contributed by atoms with Crippen LogP contribution in [-0.2, 0) is 0 Å². The van der Waals surface area contributed by atoms with Gasteiger partial charge in [0.15, 0.2) is 0 Å². The van der Waals surface area contributed by atoms with Gasteiger partial charge >= 0.3 is 0 Å². The Balaban J connectivity index is 1.74. The summed E-state index contributed by atoms with van der Waals surface area (Å²) < 4.78 is 0. The third kappa shape index (κ3) is 2.24. The molecule has 0 bridgehead atoms. The number of aliphatic hydroxyl groups is 1. The molecule has 0 amide bonds. The van der Waals surface area contributed by atoms with Gasteiger partial charge < -0.3 is 5.11 Å². The lowest BCUT2D eigenvalue weighted by Gasteiger charge is -2.15. The van der Waals surface area contributed by atoms with Crippen molar-refractivity contribution in [2.45, 2.75) is 18.9 Å². The monoisotopic (exact) mass is 188 g/mol. The Labute approximate surface area is 85.1 Å². The Hall–Kier alpha value is -1.08. The van der Waals surface area contributed by atoms with Gasteiger partial charge in [-0.2, -0.15) is 0 Å². The summed E-state index contributed by atoms with van der Waals surface area (Å²) >= 11 is 0. The minimum Gasteiger partial charge on any atom is -0.392 e. The number of hydrogen-bond acceptors (Lipinski definition) is 1. The molecule has 1 nitrogen and oxygen atoms in total. The molecule has 0 aromatic heterocycles. The molecule has 0 fully saturated rings. The Bertz CT molecular complexity index is 272. The van der Waals surface area contributed by atoms with E-state index in [0.29, 0.717) is 5.92 Å². The second kappa shape index (κ2) is 4.43. The van der Waals surface area contributed by atoms with E-state index in [1.807, 2.05) is 12.2 Å². The highest BCUT2D eigenvalue weighted by Gasteiger charge is 2.16. The summed E-state index contributed by atoms with van der Waals surface area (Å²) in [6, 6.07) is 0. The molecule has 0 saturated heterocycles. The fraction of sp³-hybridized carbons (Fsp3) is 0.385. The molecule has 74 valence electrons. The molecule has 0 saturated carbocycles. The molecule has 0 radical (unpaired) electrons. The summed E-state index contributed by atoms with van der Waals surface area (Å²) in [5, 5.41) is 9.86. The van der Waals surface area contributed by atoms with Crippen LogP contribution in [-0.4, -0.2) is 11.2 Å². The van der Waals surface area contributed by atoms with Gasteiger partial charge in [-0.3, -0.25) is 0 Å². The lowest BCUT2D eigenvalue weighted by atomic mass is 9.95. The quantitative estimate of drug-likeness (QED) is 0.719. The first kappa shape index (κ1) is 9.47. The highest BCUT2D eigenvalue weighted by atomic mass is 16.3. The zero-order chi connectivity index (χ0) is 9.80. The van der Waals surface area contributed by atoms with Crippen LogP contribution in [0.1, 0.15) is 12.8 Å². The van der Waals surface area contributed by atoms with E-state index in [1.54, 1.807) is 0 Å². The third-order valence-electron chi connectivity index (χ3n) is 2.85. The largest absolute Gasteiger partial charge is 0.392 e. The van der Waals surface area contributed by atoms with Gasteiger partial charge in [0.25, 0.3) is 0 Å². The minimum absolute atomic E-state index is 0.215. The molecule has 2 rings (SSSR count). The van der Waals surface area contributed by atoms with Crippen molar-refractivity contribution in [2.24, 2.45) is 11.8 Å². The third-order valence-corrected chi connectivity index (χ3v) is 2.85. The highest BCUT2D eigenvalue weighted by Crippen LogP contribution is 2.22. The summed E-state index contributed by atoms with van der Waals surface area (Å²) in [4.78, 5) is 0. The predicted octanol–water partition coefficient (Wildman–Crippen LogP) is 2.61. The van der Waals surface area contributed by atoms with E-state index in [4.69, 9.17) is 0 Å². The van der Waals surface area contributed by atoms with Gasteiger partial charge in [-0.25, -0.2) is 0 Å². The smallest absolute Gasteiger partial charge is 0.0637 e. The number of rotatable bonds is 4. The SMILES string of the molecule is OC(CCC1C=CC=C1)C1C=CC=C1. The average Bonchev–Trinajstić information content (AvgIpc) is 2.87. The molecule has 2 aliphatic carbocycles. The molecule has 0 aromatic rings. The van der Waals surface area contributed by atoms with Crippen LogP contribution < -0.4 is 0 Å². The van der Waals surface area contributed by atoms with Gasteiger partial charge in [-0.15, -0.1) is 0 Å². The second-order valence-electron chi connectivity index (χ2n) is 3.93. The Morgan fingerprint density at radius 2 is 1.50 bits per heavy atom. The molecule has 2 aliphatic rings. The number of aliphatic hydroxyl groups excluding tert-OH is 1. The van der Waals surface area contributed by atoms with Crippen LogP contribution >= 0.6 is 0 Å². The van der Waals surface area contributed by atoms with Gasteiger partial charge in [0, 0.05) is 5.92 Å². The molecule has 1 N–H and O–H groups in total. The first-order valence-electron chi connectivity index (χ1n) is 5.24. The van der Waals surface area contributed by atoms with Crippen molar-refractivity contribution in [2.75, 3.05) is 0 Å². The molecule has 1 atom stereocenters. The van der Waals surface area contributed by atoms with Gasteiger partial charge in [0.05, 0.1) is 6.10 Å². The van der Waals surface area contributed by atoms with Crippen molar-refractivity contribution < 1.29 is 5.11 Å². The molecule has 0 aromatic carbocycles. The molecule has 0 heterocycles. The average molecular weight is 188 g/mol. The van der Waals surface area contributed by atoms with Gasteiger partial charge in [-0.1, -0.05) is 48.6 Å². The maximum Gasteiger partial charge on any atom is 0.0637 e. The predicted molar refractivity (Wildman–Crippen MR) is 58.8 cm³/mol. The van der Waals surface area contributed by atoms with E-state index >= 15 is 0 Å². The normalized spacial score (nSPS) is 22.6. The summed E-state index contributed by atoms with van der Waals surface area (Å²) in [5.41, 5.74) is 0. The fourth-order valence-corrected chi connectivity index (χ4v) is 1.93. The van der Waals surface area contributed by atoms with Crippen LogP contribution in [0.4, 0.5) is 0 Å². The summed E-state index contributed by atoms with van der Waals surface area (Å²) in [6.07, 6.45) is 18.4. The maximum absolute atomic E-state index is 9.86. The minimum atomic E-state index is -0.215. The zero-order valence-corrected chi connectivity index (χ0v) is 8.21. The molecule has 0 aliphatic heterocycles. The van der Waals surface area contributed by atoms with E-state index < -0.39 is 0 Å². The number of allylic oxidation sites excluding steroid dienone is 6. The van der Waals surface area contributed by atoms with Crippen molar-refractivity contribution in [3.63, 3.8) is 0 Å². The first-order chi connectivity index (χ1) is 6.86. The maximum atomic E-state index is 9.86. The van der Waals surface area contributed by atoms with Crippen molar-refractivity contribution >= 4 is 0 Å². The van der Waals surface area contributed by atoms with Crippen LogP contribution in [0.25, 0.3) is 0 Å². The zero-order valence-electron chi connectivity index (χ0n) is 8.21. The lowest BCUT2D eigenvalue weighted by Crippen LogP contribution is -2.16. The summed E-state index contributed by atoms with van der Waals surface area (Å²) in [6.45, 7) is 0. The van der Waals surface area contributed by atoms with Crippen molar-refractivity contribution in [1.82, 2.24) is 0 Å². The van der Waals surface area contributed by atoms with Crippen LogP contribution in [0.15, 0.2) is 48.6 Å². The standard InChI is InChI=1S/C13H16O/c14-13(12-7-3-4-8-12)10-9-11-5-1-2-6-11/h1-8,11-14H,9-10H2. The van der Waals surface area contributed by atoms with Crippen LogP contribution in [0.5, 0.6) is 0 Å². The molecule has 14 heavy (non-hydrogen) atoms. The van der Waals surface area contributed by atoms with Crippen LogP contribution in [0, 0.1) is 11.8 Å². The topological polar surface area (TPSA) is 20.2 Å².